The van der Waals surface area contributed by atoms with Gasteiger partial charge in [0, 0.05) is 29.9 Å². The molecule has 0 saturated heterocycles. The largest absolute Gasteiger partial charge is 0.350 e. The summed E-state index contributed by atoms with van der Waals surface area (Å²) in [6, 6.07) is 8.58. The van der Waals surface area contributed by atoms with Crippen molar-refractivity contribution in [1.29, 1.82) is 5.26 Å². The van der Waals surface area contributed by atoms with E-state index in [-0.39, 0.29) is 11.9 Å². The Morgan fingerprint density at radius 1 is 1.24 bits per heavy atom. The van der Waals surface area contributed by atoms with Gasteiger partial charge in [0.25, 0.3) is 5.91 Å². The second-order valence-electron chi connectivity index (χ2n) is 8.98. The highest BCUT2D eigenvalue weighted by Crippen LogP contribution is 2.48. The van der Waals surface area contributed by atoms with Crippen LogP contribution < -0.4 is 21.3 Å². The van der Waals surface area contributed by atoms with Gasteiger partial charge in [-0.25, -0.2) is 9.97 Å². The van der Waals surface area contributed by atoms with Gasteiger partial charge in [-0.3, -0.25) is 4.79 Å². The number of anilines is 4. The van der Waals surface area contributed by atoms with E-state index in [9.17, 15) is 10.1 Å². The van der Waals surface area contributed by atoms with Crippen molar-refractivity contribution in [2.75, 3.05) is 17.2 Å². The van der Waals surface area contributed by atoms with Crippen molar-refractivity contribution in [1.82, 2.24) is 25.6 Å². The van der Waals surface area contributed by atoms with Crippen LogP contribution >= 0.6 is 11.3 Å². The maximum absolute atomic E-state index is 12.8. The third-order valence-corrected chi connectivity index (χ3v) is 6.74. The van der Waals surface area contributed by atoms with Crippen LogP contribution in [0.15, 0.2) is 29.8 Å². The molecule has 0 radical (unpaired) electrons. The van der Waals surface area contributed by atoms with E-state index in [1.165, 1.54) is 28.7 Å². The lowest BCUT2D eigenvalue weighted by Gasteiger charge is -2.18. The number of thiazole rings is 1. The standard InChI is InChI=1S/C24H26N8OS/c1-14(2)28-21(33)18-11-27-22(29-17-4-3-15-5-8-26-10-16(15)9-17)31-20(18)32-23-30-19(12-34-23)24(13-25)6-7-24/h3-4,9,11-12,14,26H,5-8,10H2,1-2H3,(H,28,33)(H2,27,29,30,31,32). The van der Waals surface area contributed by atoms with E-state index in [2.05, 4.69) is 54.4 Å². The SMILES string of the molecule is CC(C)NC(=O)c1cnc(Nc2ccc3c(c2)CNCC3)nc1Nc1nc(C2(C#N)CC2)cs1. The molecule has 9 nitrogen and oxygen atoms in total. The van der Waals surface area contributed by atoms with E-state index in [4.69, 9.17) is 0 Å². The summed E-state index contributed by atoms with van der Waals surface area (Å²) in [6.45, 7) is 5.63. The van der Waals surface area contributed by atoms with Crippen LogP contribution in [0.2, 0.25) is 0 Å². The first kappa shape index (κ1) is 22.3. The summed E-state index contributed by atoms with van der Waals surface area (Å²) < 4.78 is 0. The molecule has 4 N–H and O–H groups in total. The first-order valence-corrected chi connectivity index (χ1v) is 12.3. The molecule has 34 heavy (non-hydrogen) atoms. The smallest absolute Gasteiger partial charge is 0.256 e. The van der Waals surface area contributed by atoms with Crippen LogP contribution in [-0.2, 0) is 18.4 Å². The molecule has 10 heteroatoms. The second kappa shape index (κ2) is 9.00. The number of fused-ring (bicyclic) bond motifs is 1. The Morgan fingerprint density at radius 3 is 2.85 bits per heavy atom. The molecule has 0 atom stereocenters. The Bertz CT molecular complexity index is 1270. The summed E-state index contributed by atoms with van der Waals surface area (Å²) in [7, 11) is 0. The number of carbonyl (C=O) groups is 1. The Labute approximate surface area is 202 Å². The lowest BCUT2D eigenvalue weighted by molar-refractivity contribution is 0.0943. The molecule has 5 rings (SSSR count). The number of hydrogen-bond donors (Lipinski definition) is 4. The molecule has 1 aromatic carbocycles. The summed E-state index contributed by atoms with van der Waals surface area (Å²) in [5.41, 5.74) is 4.11. The molecule has 0 bridgehead atoms. The Hall–Kier alpha value is -3.55. The van der Waals surface area contributed by atoms with Crippen molar-refractivity contribution < 1.29 is 4.79 Å². The highest BCUT2D eigenvalue weighted by molar-refractivity contribution is 7.13. The molecule has 174 valence electrons. The zero-order valence-corrected chi connectivity index (χ0v) is 19.9. The highest BCUT2D eigenvalue weighted by atomic mass is 32.1. The minimum Gasteiger partial charge on any atom is -0.350 e. The van der Waals surface area contributed by atoms with Gasteiger partial charge in [-0.05, 0) is 62.9 Å². The zero-order chi connectivity index (χ0) is 23.7. The second-order valence-corrected chi connectivity index (χ2v) is 9.83. The molecule has 3 heterocycles. The lowest BCUT2D eigenvalue weighted by Crippen LogP contribution is -2.31. The van der Waals surface area contributed by atoms with Gasteiger partial charge in [-0.1, -0.05) is 6.07 Å². The van der Waals surface area contributed by atoms with E-state index >= 15 is 0 Å². The van der Waals surface area contributed by atoms with Gasteiger partial charge in [-0.2, -0.15) is 10.2 Å². The normalized spacial score (nSPS) is 15.8. The quantitative estimate of drug-likeness (QED) is 0.408. The van der Waals surface area contributed by atoms with E-state index < -0.39 is 5.41 Å². The van der Waals surface area contributed by atoms with Gasteiger partial charge in [0.05, 0.1) is 11.8 Å². The van der Waals surface area contributed by atoms with Crippen LogP contribution in [0.4, 0.5) is 22.6 Å². The fourth-order valence-corrected chi connectivity index (χ4v) is 4.74. The number of nitrogens with one attached hydrogen (secondary N) is 4. The van der Waals surface area contributed by atoms with Gasteiger partial charge >= 0.3 is 0 Å². The summed E-state index contributed by atoms with van der Waals surface area (Å²) in [5.74, 6) is 0.467. The van der Waals surface area contributed by atoms with Crippen LogP contribution in [0.5, 0.6) is 0 Å². The molecule has 1 amide bonds. The van der Waals surface area contributed by atoms with Crippen LogP contribution in [0.25, 0.3) is 0 Å². The van der Waals surface area contributed by atoms with Crippen LogP contribution in [0.3, 0.4) is 0 Å². The first-order chi connectivity index (χ1) is 16.5. The molecule has 0 spiro atoms. The molecular formula is C24H26N8OS. The summed E-state index contributed by atoms with van der Waals surface area (Å²) in [6.07, 6.45) is 4.18. The minimum atomic E-state index is -0.464. The van der Waals surface area contributed by atoms with Crippen molar-refractivity contribution in [3.63, 3.8) is 0 Å². The zero-order valence-electron chi connectivity index (χ0n) is 19.1. The van der Waals surface area contributed by atoms with Gasteiger partial charge in [-0.15, -0.1) is 11.3 Å². The van der Waals surface area contributed by atoms with Crippen LogP contribution in [0, 0.1) is 11.3 Å². The Balaban J connectivity index is 1.42. The number of amides is 1. The lowest BCUT2D eigenvalue weighted by atomic mass is 10.0. The monoisotopic (exact) mass is 474 g/mol. The number of benzene rings is 1. The van der Waals surface area contributed by atoms with Crippen molar-refractivity contribution in [3.05, 3.63) is 52.2 Å². The maximum atomic E-state index is 12.8. The topological polar surface area (TPSA) is 128 Å². The number of hydrogen-bond acceptors (Lipinski definition) is 9. The van der Waals surface area contributed by atoms with Crippen LogP contribution in [0.1, 0.15) is 53.9 Å². The van der Waals surface area contributed by atoms with E-state index in [0.717, 1.165) is 43.7 Å². The molecule has 1 saturated carbocycles. The van der Waals surface area contributed by atoms with Gasteiger partial charge in [0.1, 0.15) is 11.0 Å². The number of nitrogens with zero attached hydrogens (tertiary/aromatic N) is 4. The molecule has 2 aromatic heterocycles. The predicted molar refractivity (Wildman–Crippen MR) is 132 cm³/mol. The number of aromatic nitrogens is 3. The van der Waals surface area contributed by atoms with Gasteiger partial charge in [0.15, 0.2) is 10.9 Å². The summed E-state index contributed by atoms with van der Waals surface area (Å²) >= 11 is 1.39. The van der Waals surface area contributed by atoms with Gasteiger partial charge < -0.3 is 21.3 Å². The third-order valence-electron chi connectivity index (χ3n) is 5.99. The number of nitriles is 1. The summed E-state index contributed by atoms with van der Waals surface area (Å²) in [4.78, 5) is 26.4. The molecule has 3 aromatic rings. The fraction of sp³-hybridized carbons (Fsp3) is 0.375. The molecule has 2 aliphatic rings. The average Bonchev–Trinajstić information content (AvgIpc) is 3.49. The molecule has 1 aliphatic carbocycles. The van der Waals surface area contributed by atoms with Gasteiger partial charge in [0.2, 0.25) is 5.95 Å². The fourth-order valence-electron chi connectivity index (χ4n) is 3.93. The number of rotatable bonds is 7. The van der Waals surface area contributed by atoms with Crippen molar-refractivity contribution in [3.8, 4) is 6.07 Å². The summed E-state index contributed by atoms with van der Waals surface area (Å²) in [5, 5.41) is 24.7. The Morgan fingerprint density at radius 2 is 2.09 bits per heavy atom. The molecular weight excluding hydrogens is 448 g/mol. The van der Waals surface area contributed by atoms with E-state index in [1.807, 2.05) is 25.3 Å². The van der Waals surface area contributed by atoms with E-state index in [1.54, 1.807) is 0 Å². The number of carbonyl (C=O) groups excluding carboxylic acids is 1. The van der Waals surface area contributed by atoms with E-state index in [0.29, 0.717) is 22.5 Å². The third kappa shape index (κ3) is 4.58. The van der Waals surface area contributed by atoms with Crippen molar-refractivity contribution >= 4 is 39.8 Å². The predicted octanol–water partition coefficient (Wildman–Crippen LogP) is 3.76. The molecule has 0 unspecified atom stereocenters. The average molecular weight is 475 g/mol. The maximum Gasteiger partial charge on any atom is 0.256 e. The van der Waals surface area contributed by atoms with Crippen molar-refractivity contribution in [2.45, 2.75) is 51.1 Å². The first-order valence-electron chi connectivity index (χ1n) is 11.4. The molecule has 1 aliphatic heterocycles. The Kier molecular flexibility index (Phi) is 5.89. The minimum absolute atomic E-state index is 0.0286. The van der Waals surface area contributed by atoms with Crippen molar-refractivity contribution in [2.24, 2.45) is 0 Å². The van der Waals surface area contributed by atoms with Crippen LogP contribution in [-0.4, -0.2) is 33.4 Å². The highest BCUT2D eigenvalue weighted by Gasteiger charge is 2.47. The molecule has 1 fully saturated rings.